The molecule has 0 spiro atoms. The summed E-state index contributed by atoms with van der Waals surface area (Å²) in [6.07, 6.45) is 2.92. The Hall–Kier alpha value is -0.570. The fraction of sp³-hybridized carbons (Fsp3) is 0.923. The molecule has 2 N–H and O–H groups in total. The fourth-order valence-electron chi connectivity index (χ4n) is 2.64. The molecule has 94 valence electrons. The van der Waals surface area contributed by atoms with E-state index in [1.165, 1.54) is 0 Å². The SMILES string of the molecule is CC(C)CNC1(C(=O)O)CC(C)CCC1C. The van der Waals surface area contributed by atoms with Gasteiger partial charge < -0.3 is 10.4 Å². The molecule has 0 aromatic rings. The van der Waals surface area contributed by atoms with Gasteiger partial charge in [-0.2, -0.15) is 0 Å². The molecule has 0 aliphatic heterocycles. The number of carboxylic acids is 1. The van der Waals surface area contributed by atoms with Gasteiger partial charge in [-0.3, -0.25) is 4.79 Å². The van der Waals surface area contributed by atoms with Crippen molar-refractivity contribution >= 4 is 5.97 Å². The fourth-order valence-corrected chi connectivity index (χ4v) is 2.64. The summed E-state index contributed by atoms with van der Waals surface area (Å²) < 4.78 is 0. The molecule has 0 radical (unpaired) electrons. The van der Waals surface area contributed by atoms with Gasteiger partial charge in [0.05, 0.1) is 0 Å². The Morgan fingerprint density at radius 3 is 2.56 bits per heavy atom. The Balaban J connectivity index is 2.80. The molecule has 3 nitrogen and oxygen atoms in total. The van der Waals surface area contributed by atoms with Gasteiger partial charge in [0.25, 0.3) is 0 Å². The Morgan fingerprint density at radius 2 is 2.06 bits per heavy atom. The van der Waals surface area contributed by atoms with E-state index >= 15 is 0 Å². The van der Waals surface area contributed by atoms with Gasteiger partial charge in [0.1, 0.15) is 5.54 Å². The predicted octanol–water partition coefficient (Wildman–Crippen LogP) is 2.51. The van der Waals surface area contributed by atoms with Gasteiger partial charge >= 0.3 is 5.97 Å². The minimum atomic E-state index is -0.693. The third-order valence-corrected chi connectivity index (χ3v) is 3.81. The van der Waals surface area contributed by atoms with Crippen LogP contribution in [0.3, 0.4) is 0 Å². The molecule has 0 bridgehead atoms. The lowest BCUT2D eigenvalue weighted by Gasteiger charge is -2.42. The molecule has 3 atom stereocenters. The smallest absolute Gasteiger partial charge is 0.324 e. The van der Waals surface area contributed by atoms with Gasteiger partial charge in [0, 0.05) is 0 Å². The summed E-state index contributed by atoms with van der Waals surface area (Å²) in [7, 11) is 0. The van der Waals surface area contributed by atoms with E-state index in [2.05, 4.69) is 33.0 Å². The highest BCUT2D eigenvalue weighted by Gasteiger charge is 2.46. The molecule has 0 amide bonds. The standard InChI is InChI=1S/C13H25NO2/c1-9(2)8-14-13(12(15)16)7-10(3)5-6-11(13)4/h9-11,14H,5-8H2,1-4H3,(H,15,16). The zero-order valence-corrected chi connectivity index (χ0v) is 10.9. The quantitative estimate of drug-likeness (QED) is 0.776. The number of nitrogens with one attached hydrogen (secondary N) is 1. The number of hydrogen-bond donors (Lipinski definition) is 2. The van der Waals surface area contributed by atoms with Gasteiger partial charge in [-0.15, -0.1) is 0 Å². The van der Waals surface area contributed by atoms with Crippen LogP contribution in [0.25, 0.3) is 0 Å². The van der Waals surface area contributed by atoms with E-state index in [-0.39, 0.29) is 5.92 Å². The van der Waals surface area contributed by atoms with Crippen LogP contribution in [0.2, 0.25) is 0 Å². The topological polar surface area (TPSA) is 49.3 Å². The van der Waals surface area contributed by atoms with E-state index in [1.54, 1.807) is 0 Å². The van der Waals surface area contributed by atoms with Crippen molar-refractivity contribution in [3.8, 4) is 0 Å². The van der Waals surface area contributed by atoms with Crippen molar-refractivity contribution < 1.29 is 9.90 Å². The van der Waals surface area contributed by atoms with Crippen LogP contribution in [0.1, 0.15) is 47.0 Å². The zero-order valence-electron chi connectivity index (χ0n) is 10.9. The number of rotatable bonds is 4. The molecular formula is C13H25NO2. The van der Waals surface area contributed by atoms with Crippen molar-refractivity contribution in [1.82, 2.24) is 5.32 Å². The van der Waals surface area contributed by atoms with Crippen LogP contribution >= 0.6 is 0 Å². The molecule has 1 saturated carbocycles. The van der Waals surface area contributed by atoms with Crippen LogP contribution < -0.4 is 5.32 Å². The van der Waals surface area contributed by atoms with E-state index in [4.69, 9.17) is 0 Å². The highest BCUT2D eigenvalue weighted by Crippen LogP contribution is 2.37. The first kappa shape index (κ1) is 13.5. The maximum Gasteiger partial charge on any atom is 0.324 e. The summed E-state index contributed by atoms with van der Waals surface area (Å²) in [6.45, 7) is 9.22. The largest absolute Gasteiger partial charge is 0.480 e. The average molecular weight is 227 g/mol. The highest BCUT2D eigenvalue weighted by molar-refractivity contribution is 5.79. The van der Waals surface area contributed by atoms with Crippen molar-refractivity contribution in [2.75, 3.05) is 6.54 Å². The van der Waals surface area contributed by atoms with Crippen LogP contribution in [0.15, 0.2) is 0 Å². The third-order valence-electron chi connectivity index (χ3n) is 3.81. The van der Waals surface area contributed by atoms with Crippen molar-refractivity contribution in [1.29, 1.82) is 0 Å². The van der Waals surface area contributed by atoms with Crippen LogP contribution in [-0.2, 0) is 4.79 Å². The molecule has 0 aromatic carbocycles. The highest BCUT2D eigenvalue weighted by atomic mass is 16.4. The van der Waals surface area contributed by atoms with Crippen LogP contribution in [-0.4, -0.2) is 23.2 Å². The maximum absolute atomic E-state index is 11.6. The second-order valence-electron chi connectivity index (χ2n) is 5.84. The van der Waals surface area contributed by atoms with Crippen molar-refractivity contribution in [2.24, 2.45) is 17.8 Å². The summed E-state index contributed by atoms with van der Waals surface area (Å²) in [5, 5.41) is 12.8. The van der Waals surface area contributed by atoms with Crippen molar-refractivity contribution in [3.05, 3.63) is 0 Å². The average Bonchev–Trinajstić information content (AvgIpc) is 2.19. The Morgan fingerprint density at radius 1 is 1.44 bits per heavy atom. The van der Waals surface area contributed by atoms with Gasteiger partial charge in [-0.05, 0) is 37.1 Å². The van der Waals surface area contributed by atoms with Crippen molar-refractivity contribution in [3.63, 3.8) is 0 Å². The first-order valence-corrected chi connectivity index (χ1v) is 6.37. The first-order valence-electron chi connectivity index (χ1n) is 6.37. The molecule has 1 rings (SSSR count). The maximum atomic E-state index is 11.6. The van der Waals surface area contributed by atoms with Crippen molar-refractivity contribution in [2.45, 2.75) is 52.5 Å². The number of carboxylic acid groups (broad SMARTS) is 1. The summed E-state index contributed by atoms with van der Waals surface area (Å²) in [4.78, 5) is 11.6. The minimum absolute atomic E-state index is 0.222. The number of hydrogen-bond acceptors (Lipinski definition) is 2. The summed E-state index contributed by atoms with van der Waals surface area (Å²) in [5.74, 6) is 0.541. The monoisotopic (exact) mass is 227 g/mol. The molecule has 0 saturated heterocycles. The lowest BCUT2D eigenvalue weighted by atomic mass is 9.69. The molecule has 3 unspecified atom stereocenters. The number of carbonyl (C=O) groups is 1. The van der Waals surface area contributed by atoms with Gasteiger partial charge in [-0.25, -0.2) is 0 Å². The third kappa shape index (κ3) is 2.76. The lowest BCUT2D eigenvalue weighted by molar-refractivity contribution is -0.150. The molecule has 0 aromatic heterocycles. The van der Waals surface area contributed by atoms with E-state index in [0.29, 0.717) is 11.8 Å². The van der Waals surface area contributed by atoms with Gasteiger partial charge in [-0.1, -0.05) is 34.1 Å². The van der Waals surface area contributed by atoms with Gasteiger partial charge in [0.15, 0.2) is 0 Å². The van der Waals surface area contributed by atoms with Crippen LogP contribution in [0.4, 0.5) is 0 Å². The molecule has 0 heterocycles. The molecule has 1 aliphatic rings. The molecule has 1 fully saturated rings. The second kappa shape index (κ2) is 5.17. The first-order chi connectivity index (χ1) is 7.38. The second-order valence-corrected chi connectivity index (χ2v) is 5.84. The summed E-state index contributed by atoms with van der Waals surface area (Å²) in [6, 6.07) is 0. The molecule has 3 heteroatoms. The normalized spacial score (nSPS) is 35.3. The lowest BCUT2D eigenvalue weighted by Crippen LogP contribution is -2.60. The van der Waals surface area contributed by atoms with Gasteiger partial charge in [0.2, 0.25) is 0 Å². The minimum Gasteiger partial charge on any atom is -0.480 e. The van der Waals surface area contributed by atoms with Crippen LogP contribution in [0, 0.1) is 17.8 Å². The van der Waals surface area contributed by atoms with E-state index in [1.807, 2.05) is 0 Å². The zero-order chi connectivity index (χ0) is 12.3. The number of aliphatic carboxylic acids is 1. The van der Waals surface area contributed by atoms with E-state index in [9.17, 15) is 9.90 Å². The Bertz CT molecular complexity index is 252. The summed E-state index contributed by atoms with van der Waals surface area (Å²) in [5.41, 5.74) is -0.693. The summed E-state index contributed by atoms with van der Waals surface area (Å²) >= 11 is 0. The Kier molecular flexibility index (Phi) is 4.36. The van der Waals surface area contributed by atoms with E-state index < -0.39 is 11.5 Å². The van der Waals surface area contributed by atoms with E-state index in [0.717, 1.165) is 25.8 Å². The Labute approximate surface area is 98.6 Å². The van der Waals surface area contributed by atoms with Crippen LogP contribution in [0.5, 0.6) is 0 Å². The molecule has 1 aliphatic carbocycles. The molecule has 16 heavy (non-hydrogen) atoms. The predicted molar refractivity (Wildman–Crippen MR) is 65.4 cm³/mol. The molecular weight excluding hydrogens is 202 g/mol.